The molecule has 20 heavy (non-hydrogen) atoms. The molecule has 0 spiro atoms. The third-order valence-corrected chi connectivity index (χ3v) is 5.31. The first-order chi connectivity index (χ1) is 9.53. The lowest BCUT2D eigenvalue weighted by molar-refractivity contribution is 0.316. The Morgan fingerprint density at radius 3 is 2.80 bits per heavy atom. The van der Waals surface area contributed by atoms with Crippen LogP contribution in [-0.2, 0) is 10.0 Å². The van der Waals surface area contributed by atoms with E-state index in [0.717, 1.165) is 19.3 Å². The lowest BCUT2D eigenvalue weighted by atomic mass is 9.86. The summed E-state index contributed by atoms with van der Waals surface area (Å²) in [6.07, 6.45) is 5.93. The summed E-state index contributed by atoms with van der Waals surface area (Å²) in [6.45, 7) is 3.23. The zero-order valence-electron chi connectivity index (χ0n) is 11.5. The van der Waals surface area contributed by atoms with E-state index in [1.807, 2.05) is 6.92 Å². The van der Waals surface area contributed by atoms with Gasteiger partial charge < -0.3 is 5.32 Å². The van der Waals surface area contributed by atoms with Crippen molar-refractivity contribution in [2.45, 2.75) is 37.5 Å². The van der Waals surface area contributed by atoms with Gasteiger partial charge in [-0.1, -0.05) is 13.3 Å². The first-order valence-corrected chi connectivity index (χ1v) is 9.19. The number of aromatic nitrogens is 1. The lowest BCUT2D eigenvalue weighted by Gasteiger charge is -2.25. The highest BCUT2D eigenvalue weighted by Gasteiger charge is 2.24. The number of anilines is 1. The molecular weight excluding hydrogens is 342 g/mol. The number of nitrogens with one attached hydrogen (secondary N) is 2. The summed E-state index contributed by atoms with van der Waals surface area (Å²) in [4.78, 5) is 4.37. The Morgan fingerprint density at radius 1 is 1.45 bits per heavy atom. The molecule has 0 radical (unpaired) electrons. The second-order valence-corrected chi connectivity index (χ2v) is 7.73. The van der Waals surface area contributed by atoms with Crippen LogP contribution < -0.4 is 10.0 Å². The van der Waals surface area contributed by atoms with Gasteiger partial charge in [0.2, 0.25) is 10.0 Å². The summed E-state index contributed by atoms with van der Waals surface area (Å²) in [7, 11) is -3.52. The van der Waals surface area contributed by atoms with Crippen LogP contribution in [0.25, 0.3) is 0 Å². The number of sulfonamides is 1. The molecule has 0 amide bonds. The molecule has 0 bridgehead atoms. The predicted molar refractivity (Wildman–Crippen MR) is 83.2 cm³/mol. The maximum absolute atomic E-state index is 12.4. The van der Waals surface area contributed by atoms with Gasteiger partial charge in [0.15, 0.2) is 0 Å². The minimum atomic E-state index is -3.52. The van der Waals surface area contributed by atoms with Crippen LogP contribution in [0.3, 0.4) is 0 Å². The largest absolute Gasteiger partial charge is 0.369 e. The van der Waals surface area contributed by atoms with E-state index in [0.29, 0.717) is 29.3 Å². The fourth-order valence-corrected chi connectivity index (χ4v) is 3.76. The van der Waals surface area contributed by atoms with Crippen molar-refractivity contribution in [1.29, 1.82) is 0 Å². The van der Waals surface area contributed by atoms with Gasteiger partial charge >= 0.3 is 0 Å². The van der Waals surface area contributed by atoms with E-state index in [1.165, 1.54) is 6.42 Å². The molecule has 0 atom stereocenters. The van der Waals surface area contributed by atoms with Crippen LogP contribution in [-0.4, -0.2) is 26.5 Å². The molecule has 2 N–H and O–H groups in total. The van der Waals surface area contributed by atoms with Crippen molar-refractivity contribution < 1.29 is 8.42 Å². The van der Waals surface area contributed by atoms with E-state index in [1.54, 1.807) is 12.3 Å². The number of pyridine rings is 1. The Labute approximate surface area is 128 Å². The first kappa shape index (κ1) is 15.7. The van der Waals surface area contributed by atoms with Gasteiger partial charge in [0.25, 0.3) is 0 Å². The summed E-state index contributed by atoms with van der Waals surface area (Å²) >= 11 is 3.28. The van der Waals surface area contributed by atoms with Crippen LogP contribution in [0.1, 0.15) is 32.6 Å². The average molecular weight is 362 g/mol. The second-order valence-electron chi connectivity index (χ2n) is 5.08. The number of nitrogens with zero attached hydrogens (tertiary/aromatic N) is 1. The number of hydrogen-bond acceptors (Lipinski definition) is 4. The molecule has 0 aromatic carbocycles. The maximum atomic E-state index is 12.4. The van der Waals surface area contributed by atoms with Crippen LogP contribution >= 0.6 is 15.9 Å². The Morgan fingerprint density at radius 2 is 2.20 bits per heavy atom. The van der Waals surface area contributed by atoms with Crippen molar-refractivity contribution >= 4 is 31.8 Å². The van der Waals surface area contributed by atoms with Crippen LogP contribution in [0.4, 0.5) is 5.82 Å². The van der Waals surface area contributed by atoms with Crippen LogP contribution in [0.15, 0.2) is 21.6 Å². The van der Waals surface area contributed by atoms with Gasteiger partial charge in [-0.25, -0.2) is 18.1 Å². The molecule has 112 valence electrons. The normalized spacial score (nSPS) is 15.9. The molecule has 2 rings (SSSR count). The smallest absolute Gasteiger partial charge is 0.244 e. The van der Waals surface area contributed by atoms with Gasteiger partial charge in [-0.2, -0.15) is 0 Å². The summed E-state index contributed by atoms with van der Waals surface area (Å²) < 4.78 is 28.2. The molecule has 1 aliphatic carbocycles. The minimum absolute atomic E-state index is 0.208. The zero-order valence-corrected chi connectivity index (χ0v) is 13.9. The van der Waals surface area contributed by atoms with Gasteiger partial charge in [-0.05, 0) is 47.2 Å². The molecule has 7 heteroatoms. The summed E-state index contributed by atoms with van der Waals surface area (Å²) in [6, 6.07) is 1.59. The van der Waals surface area contributed by atoms with E-state index >= 15 is 0 Å². The third kappa shape index (κ3) is 3.93. The fraction of sp³-hybridized carbons (Fsp3) is 0.615. The van der Waals surface area contributed by atoms with Gasteiger partial charge in [0.1, 0.15) is 10.7 Å². The zero-order chi connectivity index (χ0) is 14.6. The molecule has 1 aliphatic rings. The summed E-state index contributed by atoms with van der Waals surface area (Å²) in [5, 5.41) is 3.06. The Balaban J connectivity index is 2.16. The van der Waals surface area contributed by atoms with E-state index < -0.39 is 10.0 Å². The van der Waals surface area contributed by atoms with Gasteiger partial charge in [-0.15, -0.1) is 0 Å². The third-order valence-electron chi connectivity index (χ3n) is 3.44. The highest BCUT2D eigenvalue weighted by Crippen LogP contribution is 2.27. The fourth-order valence-electron chi connectivity index (χ4n) is 2.00. The van der Waals surface area contributed by atoms with Gasteiger partial charge in [0, 0.05) is 23.8 Å². The Bertz CT molecular complexity index is 559. The van der Waals surface area contributed by atoms with Crippen LogP contribution in [0, 0.1) is 5.92 Å². The molecule has 1 aromatic heterocycles. The van der Waals surface area contributed by atoms with Crippen LogP contribution in [0.5, 0.6) is 0 Å². The monoisotopic (exact) mass is 361 g/mol. The summed E-state index contributed by atoms with van der Waals surface area (Å²) in [5.74, 6) is 0.896. The molecule has 1 saturated carbocycles. The SMILES string of the molecule is CCCNc1ncc(Br)cc1S(=O)(=O)NCC1CCC1. The van der Waals surface area contributed by atoms with Crippen molar-refractivity contribution in [3.63, 3.8) is 0 Å². The Hall–Kier alpha value is -0.660. The maximum Gasteiger partial charge on any atom is 0.244 e. The lowest BCUT2D eigenvalue weighted by Crippen LogP contribution is -2.32. The van der Waals surface area contributed by atoms with E-state index in [4.69, 9.17) is 0 Å². The predicted octanol–water partition coefficient (Wildman–Crippen LogP) is 2.74. The van der Waals surface area contributed by atoms with E-state index in [9.17, 15) is 8.42 Å². The van der Waals surface area contributed by atoms with Crippen LogP contribution in [0.2, 0.25) is 0 Å². The number of rotatable bonds is 7. The van der Waals surface area contributed by atoms with Crippen molar-refractivity contribution in [2.75, 3.05) is 18.4 Å². The molecule has 1 aromatic rings. The van der Waals surface area contributed by atoms with E-state index in [-0.39, 0.29) is 4.90 Å². The molecule has 0 unspecified atom stereocenters. The molecule has 0 aliphatic heterocycles. The topological polar surface area (TPSA) is 71.1 Å². The average Bonchev–Trinajstić information content (AvgIpc) is 2.35. The van der Waals surface area contributed by atoms with Gasteiger partial charge in [-0.3, -0.25) is 0 Å². The van der Waals surface area contributed by atoms with Gasteiger partial charge in [0.05, 0.1) is 0 Å². The number of hydrogen-bond donors (Lipinski definition) is 2. The first-order valence-electron chi connectivity index (χ1n) is 6.92. The van der Waals surface area contributed by atoms with Crippen molar-refractivity contribution in [3.05, 3.63) is 16.7 Å². The standard InChI is InChI=1S/C13H20BrN3O2S/c1-2-6-15-13-12(7-11(14)9-16-13)20(18,19)17-8-10-4-3-5-10/h7,9-10,17H,2-6,8H2,1H3,(H,15,16). The minimum Gasteiger partial charge on any atom is -0.369 e. The molecule has 1 heterocycles. The molecule has 5 nitrogen and oxygen atoms in total. The molecular formula is C13H20BrN3O2S. The van der Waals surface area contributed by atoms with Crippen molar-refractivity contribution in [2.24, 2.45) is 5.92 Å². The highest BCUT2D eigenvalue weighted by atomic mass is 79.9. The Kier molecular flexibility index (Phi) is 5.40. The van der Waals surface area contributed by atoms with E-state index in [2.05, 4.69) is 31.0 Å². The molecule has 0 saturated heterocycles. The quantitative estimate of drug-likeness (QED) is 0.783. The number of halogens is 1. The van der Waals surface area contributed by atoms with Crippen molar-refractivity contribution in [3.8, 4) is 0 Å². The summed E-state index contributed by atoms with van der Waals surface area (Å²) in [5.41, 5.74) is 0. The second kappa shape index (κ2) is 6.87. The molecule has 1 fully saturated rings. The van der Waals surface area contributed by atoms with Crippen molar-refractivity contribution in [1.82, 2.24) is 9.71 Å². The highest BCUT2D eigenvalue weighted by molar-refractivity contribution is 9.10.